The summed E-state index contributed by atoms with van der Waals surface area (Å²) < 4.78 is 16.9. The quantitative estimate of drug-likeness (QED) is 0.854. The molecule has 0 amide bonds. The molecule has 0 radical (unpaired) electrons. The number of hydrogen-bond acceptors (Lipinski definition) is 4. The van der Waals surface area contributed by atoms with E-state index < -0.39 is 17.2 Å². The van der Waals surface area contributed by atoms with Gasteiger partial charge in [-0.1, -0.05) is 13.8 Å². The fraction of sp³-hybridized carbons (Fsp3) is 0.524. The first-order valence-electron chi connectivity index (χ1n) is 10.0. The van der Waals surface area contributed by atoms with Crippen LogP contribution in [0.15, 0.2) is 23.1 Å². The average Bonchev–Trinajstić information content (AvgIpc) is 3.52. The first kappa shape index (κ1) is 18.9. The standard InChI is InChI=1S/C21H26FN3O3/c1-3-13-11-24(8-7-23(13)4-2)19-10-18-15(9-17(19)22)20(26)16(21(27)28)12-25(18)14-5-6-14/h9-10,12-14H,3-8,11H2,1-2H3,(H,27,28). The lowest BCUT2D eigenvalue weighted by Gasteiger charge is -2.42. The molecule has 0 bridgehead atoms. The highest BCUT2D eigenvalue weighted by molar-refractivity contribution is 5.93. The van der Waals surface area contributed by atoms with E-state index in [2.05, 4.69) is 23.6 Å². The van der Waals surface area contributed by atoms with Crippen LogP contribution < -0.4 is 10.3 Å². The molecule has 1 aliphatic heterocycles. The highest BCUT2D eigenvalue weighted by Gasteiger charge is 2.30. The molecule has 7 heteroatoms. The number of anilines is 1. The van der Waals surface area contributed by atoms with Gasteiger partial charge in [-0.05, 0) is 37.9 Å². The van der Waals surface area contributed by atoms with Crippen molar-refractivity contribution in [1.82, 2.24) is 9.47 Å². The van der Waals surface area contributed by atoms with E-state index >= 15 is 4.39 Å². The Morgan fingerprint density at radius 2 is 2.00 bits per heavy atom. The third kappa shape index (κ3) is 3.17. The van der Waals surface area contributed by atoms with Crippen LogP contribution in [0.2, 0.25) is 0 Å². The number of piperazine rings is 1. The van der Waals surface area contributed by atoms with Gasteiger partial charge in [-0.15, -0.1) is 0 Å². The third-order valence-corrected chi connectivity index (χ3v) is 6.09. The summed E-state index contributed by atoms with van der Waals surface area (Å²) in [4.78, 5) is 28.5. The minimum Gasteiger partial charge on any atom is -0.477 e. The second-order valence-electron chi connectivity index (χ2n) is 7.77. The number of aromatic nitrogens is 1. The van der Waals surface area contributed by atoms with Crippen molar-refractivity contribution in [2.45, 2.75) is 45.2 Å². The number of halogens is 1. The predicted octanol–water partition coefficient (Wildman–Crippen LogP) is 3.09. The zero-order chi connectivity index (χ0) is 20.0. The lowest BCUT2D eigenvalue weighted by Crippen LogP contribution is -2.53. The van der Waals surface area contributed by atoms with Crippen molar-refractivity contribution in [2.24, 2.45) is 0 Å². The molecular formula is C21H26FN3O3. The van der Waals surface area contributed by atoms with Crippen LogP contribution in [0.3, 0.4) is 0 Å². The number of benzene rings is 1. The minimum absolute atomic E-state index is 0.146. The smallest absolute Gasteiger partial charge is 0.341 e. The van der Waals surface area contributed by atoms with Gasteiger partial charge in [0.15, 0.2) is 0 Å². The summed E-state index contributed by atoms with van der Waals surface area (Å²) in [5, 5.41) is 9.51. The predicted molar refractivity (Wildman–Crippen MR) is 107 cm³/mol. The number of hydrogen-bond donors (Lipinski definition) is 1. The lowest BCUT2D eigenvalue weighted by molar-refractivity contribution is 0.0695. The second kappa shape index (κ2) is 7.20. The molecule has 1 atom stereocenters. The fourth-order valence-corrected chi connectivity index (χ4v) is 4.32. The maximum absolute atomic E-state index is 15.0. The van der Waals surface area contributed by atoms with E-state index in [1.165, 1.54) is 12.3 Å². The molecule has 2 heterocycles. The number of carboxylic acids is 1. The molecular weight excluding hydrogens is 361 g/mol. The molecule has 1 N–H and O–H groups in total. The van der Waals surface area contributed by atoms with Crippen LogP contribution in [0.5, 0.6) is 0 Å². The summed E-state index contributed by atoms with van der Waals surface area (Å²) in [5.41, 5.74) is 0.208. The molecule has 1 aromatic carbocycles. The van der Waals surface area contributed by atoms with Gasteiger partial charge in [0, 0.05) is 43.3 Å². The Morgan fingerprint density at radius 1 is 1.25 bits per heavy atom. The van der Waals surface area contributed by atoms with E-state index in [1.807, 2.05) is 4.57 Å². The molecule has 1 saturated heterocycles. The number of carboxylic acid groups (broad SMARTS) is 1. The van der Waals surface area contributed by atoms with Crippen LogP contribution in [0.4, 0.5) is 10.1 Å². The average molecular weight is 387 g/mol. The van der Waals surface area contributed by atoms with Gasteiger partial charge in [-0.3, -0.25) is 9.69 Å². The molecule has 1 aliphatic carbocycles. The summed E-state index contributed by atoms with van der Waals surface area (Å²) >= 11 is 0. The summed E-state index contributed by atoms with van der Waals surface area (Å²) in [6, 6.07) is 3.52. The van der Waals surface area contributed by atoms with Gasteiger partial charge in [0.25, 0.3) is 0 Å². The Morgan fingerprint density at radius 3 is 2.61 bits per heavy atom. The van der Waals surface area contributed by atoms with Gasteiger partial charge in [0.05, 0.1) is 11.2 Å². The Hall–Kier alpha value is -2.41. The molecule has 2 aromatic rings. The Balaban J connectivity index is 1.82. The monoisotopic (exact) mass is 387 g/mol. The highest BCUT2D eigenvalue weighted by atomic mass is 19.1. The highest BCUT2D eigenvalue weighted by Crippen LogP contribution is 2.38. The van der Waals surface area contributed by atoms with Gasteiger partial charge in [-0.2, -0.15) is 0 Å². The van der Waals surface area contributed by atoms with Gasteiger partial charge < -0.3 is 14.6 Å². The van der Waals surface area contributed by atoms with Crippen LogP contribution in [0.25, 0.3) is 10.9 Å². The van der Waals surface area contributed by atoms with Crippen molar-refractivity contribution in [1.29, 1.82) is 0 Å². The van der Waals surface area contributed by atoms with Crippen LogP contribution in [0, 0.1) is 5.82 Å². The van der Waals surface area contributed by atoms with Crippen molar-refractivity contribution in [3.05, 3.63) is 39.9 Å². The normalized spacial score (nSPS) is 20.7. The van der Waals surface area contributed by atoms with Crippen molar-refractivity contribution >= 4 is 22.6 Å². The van der Waals surface area contributed by atoms with Crippen LogP contribution >= 0.6 is 0 Å². The number of aromatic carboxylic acids is 1. The van der Waals surface area contributed by atoms with Crippen LogP contribution in [0.1, 0.15) is 49.5 Å². The summed E-state index contributed by atoms with van der Waals surface area (Å²) in [7, 11) is 0. The van der Waals surface area contributed by atoms with Gasteiger partial charge in [-0.25, -0.2) is 9.18 Å². The van der Waals surface area contributed by atoms with Gasteiger partial charge in [0.2, 0.25) is 5.43 Å². The first-order chi connectivity index (χ1) is 13.4. The fourth-order valence-electron chi connectivity index (χ4n) is 4.32. The van der Waals surface area contributed by atoms with E-state index in [0.717, 1.165) is 45.4 Å². The largest absolute Gasteiger partial charge is 0.477 e. The summed E-state index contributed by atoms with van der Waals surface area (Å²) in [5.74, 6) is -1.73. The molecule has 1 unspecified atom stereocenters. The number of pyridine rings is 1. The van der Waals surface area contributed by atoms with Gasteiger partial charge in [0.1, 0.15) is 11.4 Å². The zero-order valence-electron chi connectivity index (χ0n) is 16.3. The lowest BCUT2D eigenvalue weighted by atomic mass is 10.1. The Bertz CT molecular complexity index is 983. The molecule has 6 nitrogen and oxygen atoms in total. The first-order valence-corrected chi connectivity index (χ1v) is 10.0. The van der Waals surface area contributed by atoms with Crippen molar-refractivity contribution in [3.63, 3.8) is 0 Å². The number of nitrogens with zero attached hydrogens (tertiary/aromatic N) is 3. The topological polar surface area (TPSA) is 65.8 Å². The number of carbonyl (C=O) groups is 1. The number of rotatable bonds is 5. The van der Waals surface area contributed by atoms with Crippen LogP contribution in [-0.4, -0.2) is 52.8 Å². The number of likely N-dealkylation sites (N-methyl/N-ethyl adjacent to an activating group) is 1. The maximum Gasteiger partial charge on any atom is 0.341 e. The molecule has 28 heavy (non-hydrogen) atoms. The van der Waals surface area contributed by atoms with E-state index in [9.17, 15) is 14.7 Å². The zero-order valence-corrected chi connectivity index (χ0v) is 16.3. The van der Waals surface area contributed by atoms with Gasteiger partial charge >= 0.3 is 5.97 Å². The summed E-state index contributed by atoms with van der Waals surface area (Å²) in [6.45, 7) is 7.61. The van der Waals surface area contributed by atoms with Crippen molar-refractivity contribution in [3.8, 4) is 0 Å². The molecule has 1 saturated carbocycles. The Kier molecular flexibility index (Phi) is 4.87. The molecule has 1 aromatic heterocycles. The minimum atomic E-state index is -1.27. The molecule has 2 aliphatic rings. The molecule has 0 spiro atoms. The van der Waals surface area contributed by atoms with Crippen LogP contribution in [-0.2, 0) is 0 Å². The number of fused-ring (bicyclic) bond motifs is 1. The summed E-state index contributed by atoms with van der Waals surface area (Å²) in [6.07, 6.45) is 4.30. The van der Waals surface area contributed by atoms with Crippen molar-refractivity contribution in [2.75, 3.05) is 31.1 Å². The van der Waals surface area contributed by atoms with E-state index in [-0.39, 0.29) is 17.0 Å². The molecule has 150 valence electrons. The SMILES string of the molecule is CCC1CN(c2cc3c(cc2F)c(=O)c(C(=O)O)cn3C2CC2)CCN1CC. The third-order valence-electron chi connectivity index (χ3n) is 6.09. The van der Waals surface area contributed by atoms with E-state index in [4.69, 9.17) is 0 Å². The Labute approximate surface area is 163 Å². The van der Waals surface area contributed by atoms with E-state index in [0.29, 0.717) is 17.2 Å². The molecule has 4 rings (SSSR count). The molecule has 2 fully saturated rings. The van der Waals surface area contributed by atoms with Crippen molar-refractivity contribution < 1.29 is 14.3 Å². The second-order valence-corrected chi connectivity index (χ2v) is 7.77. The maximum atomic E-state index is 15.0. The van der Waals surface area contributed by atoms with E-state index in [1.54, 1.807) is 6.07 Å².